The fourth-order valence-electron chi connectivity index (χ4n) is 3.04. The van der Waals surface area contributed by atoms with Gasteiger partial charge in [-0.15, -0.1) is 0 Å². The topological polar surface area (TPSA) is 12.0 Å². The summed E-state index contributed by atoms with van der Waals surface area (Å²) in [4.78, 5) is 0. The molecule has 1 nitrogen and oxygen atoms in total. The molecule has 0 spiro atoms. The van der Waals surface area contributed by atoms with Crippen LogP contribution in [0.5, 0.6) is 0 Å². The highest BCUT2D eigenvalue weighted by Crippen LogP contribution is 2.38. The summed E-state index contributed by atoms with van der Waals surface area (Å²) >= 11 is 4.27. The van der Waals surface area contributed by atoms with E-state index in [0.717, 1.165) is 17.2 Å². The van der Waals surface area contributed by atoms with E-state index in [4.69, 9.17) is 0 Å². The molecule has 0 amide bonds. The Hall–Kier alpha value is -0.120. The van der Waals surface area contributed by atoms with Gasteiger partial charge in [0.2, 0.25) is 0 Å². The van der Waals surface area contributed by atoms with Gasteiger partial charge >= 0.3 is 0 Å². The van der Waals surface area contributed by atoms with Crippen molar-refractivity contribution in [1.29, 1.82) is 0 Å². The largest absolute Gasteiger partial charge is 0.313 e. The number of hydrogen-bond acceptors (Lipinski definition) is 3. The van der Waals surface area contributed by atoms with Crippen LogP contribution in [0.3, 0.4) is 0 Å². The molecule has 1 heterocycles. The standard InChI is InChI=1S/C16H23NS2/c1-12-4-2-3-5-16(12)13-8-14(9-13)17-10-15-11-18-6-7-19-15/h2-5,13-15,17H,6-11H2,1H3. The van der Waals surface area contributed by atoms with Crippen LogP contribution in [0.1, 0.15) is 29.9 Å². The Morgan fingerprint density at radius 2 is 2.05 bits per heavy atom. The molecule has 2 fully saturated rings. The molecule has 1 aromatic rings. The first-order valence-corrected chi connectivity index (χ1v) is 9.51. The summed E-state index contributed by atoms with van der Waals surface area (Å²) in [5, 5.41) is 4.62. The summed E-state index contributed by atoms with van der Waals surface area (Å²) < 4.78 is 0. The van der Waals surface area contributed by atoms with Crippen LogP contribution in [0.15, 0.2) is 24.3 Å². The fourth-order valence-corrected chi connectivity index (χ4v) is 5.66. The van der Waals surface area contributed by atoms with Crippen molar-refractivity contribution in [2.75, 3.05) is 23.8 Å². The Kier molecular flexibility index (Phi) is 4.78. The second-order valence-electron chi connectivity index (χ2n) is 5.70. The van der Waals surface area contributed by atoms with E-state index in [1.54, 1.807) is 5.56 Å². The van der Waals surface area contributed by atoms with Crippen molar-refractivity contribution in [2.45, 2.75) is 37.0 Å². The third-order valence-corrected chi connectivity index (χ3v) is 7.13. The van der Waals surface area contributed by atoms with Gasteiger partial charge in [-0.3, -0.25) is 0 Å². The smallest absolute Gasteiger partial charge is 0.0263 e. The van der Waals surface area contributed by atoms with Crippen LogP contribution in [-0.4, -0.2) is 35.1 Å². The predicted octanol–water partition coefficient (Wildman–Crippen LogP) is 3.68. The summed E-state index contributed by atoms with van der Waals surface area (Å²) in [6.45, 7) is 3.45. The van der Waals surface area contributed by atoms with Crippen LogP contribution >= 0.6 is 23.5 Å². The van der Waals surface area contributed by atoms with Crippen LogP contribution in [0.25, 0.3) is 0 Å². The van der Waals surface area contributed by atoms with Crippen LogP contribution in [0.2, 0.25) is 0 Å². The molecule has 104 valence electrons. The number of aryl methyl sites for hydroxylation is 1. The van der Waals surface area contributed by atoms with Crippen LogP contribution in [0.4, 0.5) is 0 Å². The maximum atomic E-state index is 3.77. The number of hydrogen-bond donors (Lipinski definition) is 1. The van der Waals surface area contributed by atoms with Crippen molar-refractivity contribution in [3.8, 4) is 0 Å². The summed E-state index contributed by atoms with van der Waals surface area (Å²) in [5.41, 5.74) is 3.04. The van der Waals surface area contributed by atoms with Crippen molar-refractivity contribution in [3.05, 3.63) is 35.4 Å². The second kappa shape index (κ2) is 6.55. The van der Waals surface area contributed by atoms with Gasteiger partial charge in [-0.05, 0) is 36.8 Å². The molecule has 2 aliphatic rings. The molecule has 1 atom stereocenters. The maximum Gasteiger partial charge on any atom is 0.0263 e. The van der Waals surface area contributed by atoms with Crippen molar-refractivity contribution in [3.63, 3.8) is 0 Å². The highest BCUT2D eigenvalue weighted by atomic mass is 32.2. The third-order valence-electron chi connectivity index (χ3n) is 4.29. The molecule has 3 rings (SSSR count). The molecular formula is C16H23NS2. The minimum Gasteiger partial charge on any atom is -0.313 e. The first-order chi connectivity index (χ1) is 9.33. The minimum atomic E-state index is 0.761. The zero-order valence-corrected chi connectivity index (χ0v) is 13.2. The summed E-state index contributed by atoms with van der Waals surface area (Å²) in [6, 6.07) is 9.64. The number of nitrogens with one attached hydrogen (secondary N) is 1. The first-order valence-electron chi connectivity index (χ1n) is 7.31. The van der Waals surface area contributed by atoms with E-state index in [1.807, 2.05) is 0 Å². The monoisotopic (exact) mass is 293 g/mol. The quantitative estimate of drug-likeness (QED) is 0.909. The lowest BCUT2D eigenvalue weighted by molar-refractivity contribution is 0.292. The van der Waals surface area contributed by atoms with Crippen molar-refractivity contribution in [2.24, 2.45) is 0 Å². The molecule has 19 heavy (non-hydrogen) atoms. The molecule has 0 aromatic heterocycles. The van der Waals surface area contributed by atoms with Gasteiger partial charge < -0.3 is 5.32 Å². The van der Waals surface area contributed by atoms with Crippen LogP contribution in [-0.2, 0) is 0 Å². The highest BCUT2D eigenvalue weighted by Gasteiger charge is 2.31. The first kappa shape index (κ1) is 13.8. The zero-order chi connectivity index (χ0) is 13.1. The molecule has 1 saturated heterocycles. The average Bonchev–Trinajstić information content (AvgIpc) is 2.40. The number of benzene rings is 1. The lowest BCUT2D eigenvalue weighted by atomic mass is 9.74. The fraction of sp³-hybridized carbons (Fsp3) is 0.625. The average molecular weight is 294 g/mol. The van der Waals surface area contributed by atoms with E-state index in [1.165, 1.54) is 42.2 Å². The maximum absolute atomic E-state index is 3.77. The van der Waals surface area contributed by atoms with Gasteiger partial charge in [0.25, 0.3) is 0 Å². The van der Waals surface area contributed by atoms with Gasteiger partial charge in [0.05, 0.1) is 0 Å². The molecule has 1 aliphatic heterocycles. The SMILES string of the molecule is Cc1ccccc1C1CC(NCC2CSCCS2)C1. The number of rotatable bonds is 4. The summed E-state index contributed by atoms with van der Waals surface area (Å²) in [7, 11) is 0. The van der Waals surface area contributed by atoms with Crippen molar-refractivity contribution < 1.29 is 0 Å². The molecule has 1 aromatic carbocycles. The van der Waals surface area contributed by atoms with Gasteiger partial charge in [0.1, 0.15) is 0 Å². The van der Waals surface area contributed by atoms with Gasteiger partial charge in [0, 0.05) is 35.1 Å². The molecule has 1 N–H and O–H groups in total. The van der Waals surface area contributed by atoms with E-state index in [0.29, 0.717) is 0 Å². The molecule has 0 bridgehead atoms. The van der Waals surface area contributed by atoms with Gasteiger partial charge in [-0.25, -0.2) is 0 Å². The molecule has 1 saturated carbocycles. The summed E-state index contributed by atoms with van der Waals surface area (Å²) in [5.74, 6) is 4.83. The molecule has 0 radical (unpaired) electrons. The second-order valence-corrected chi connectivity index (χ2v) is 8.26. The Morgan fingerprint density at radius 3 is 2.79 bits per heavy atom. The Balaban J connectivity index is 1.42. The van der Waals surface area contributed by atoms with Gasteiger partial charge in [-0.1, -0.05) is 24.3 Å². The van der Waals surface area contributed by atoms with Gasteiger partial charge in [0.15, 0.2) is 0 Å². The molecule has 1 unspecified atom stereocenters. The van der Waals surface area contributed by atoms with Crippen molar-refractivity contribution >= 4 is 23.5 Å². The normalized spacial score (nSPS) is 30.9. The summed E-state index contributed by atoms with van der Waals surface area (Å²) in [6.07, 6.45) is 2.66. The minimum absolute atomic E-state index is 0.761. The third kappa shape index (κ3) is 3.50. The Morgan fingerprint density at radius 1 is 1.21 bits per heavy atom. The molecule has 3 heteroatoms. The van der Waals surface area contributed by atoms with E-state index in [-0.39, 0.29) is 0 Å². The van der Waals surface area contributed by atoms with Crippen LogP contribution in [0, 0.1) is 6.92 Å². The Bertz CT molecular complexity index is 409. The molecule has 1 aliphatic carbocycles. The van der Waals surface area contributed by atoms with E-state index in [9.17, 15) is 0 Å². The van der Waals surface area contributed by atoms with E-state index < -0.39 is 0 Å². The predicted molar refractivity (Wildman–Crippen MR) is 88.5 cm³/mol. The zero-order valence-electron chi connectivity index (χ0n) is 11.6. The van der Waals surface area contributed by atoms with Crippen LogP contribution < -0.4 is 5.32 Å². The number of thioether (sulfide) groups is 2. The molecular weight excluding hydrogens is 270 g/mol. The van der Waals surface area contributed by atoms with E-state index >= 15 is 0 Å². The lowest BCUT2D eigenvalue weighted by Gasteiger charge is -2.38. The highest BCUT2D eigenvalue weighted by molar-refractivity contribution is 8.06. The van der Waals surface area contributed by atoms with Crippen molar-refractivity contribution in [1.82, 2.24) is 5.32 Å². The van der Waals surface area contributed by atoms with Gasteiger partial charge in [-0.2, -0.15) is 23.5 Å². The Labute approximate surface area is 125 Å². The lowest BCUT2D eigenvalue weighted by Crippen LogP contribution is -2.43. The van der Waals surface area contributed by atoms with E-state index in [2.05, 4.69) is 60.0 Å².